The summed E-state index contributed by atoms with van der Waals surface area (Å²) in [6.07, 6.45) is 2.17. The zero-order valence-electron chi connectivity index (χ0n) is 10.5. The number of alkyl halides is 1. The zero-order valence-corrected chi connectivity index (χ0v) is 12.0. The molecule has 1 aromatic rings. The number of halogens is 2. The molecule has 1 nitrogen and oxygen atoms in total. The maximum atomic E-state index is 6.23. The second kappa shape index (κ2) is 5.07. The van der Waals surface area contributed by atoms with E-state index in [1.54, 1.807) is 0 Å². The summed E-state index contributed by atoms with van der Waals surface area (Å²) in [7, 11) is 0. The van der Waals surface area contributed by atoms with Crippen molar-refractivity contribution in [2.45, 2.75) is 51.0 Å². The fourth-order valence-corrected chi connectivity index (χ4v) is 2.85. The summed E-state index contributed by atoms with van der Waals surface area (Å²) in [5, 5.41) is 1.12. The van der Waals surface area contributed by atoms with Crippen molar-refractivity contribution in [3.05, 3.63) is 28.3 Å². The first-order valence-electron chi connectivity index (χ1n) is 6.08. The van der Waals surface area contributed by atoms with Crippen LogP contribution in [0.1, 0.15) is 43.7 Å². The van der Waals surface area contributed by atoms with Crippen LogP contribution in [0.2, 0.25) is 5.02 Å². The molecule has 0 N–H and O–H groups in total. The van der Waals surface area contributed by atoms with E-state index in [1.807, 2.05) is 13.0 Å². The van der Waals surface area contributed by atoms with Crippen molar-refractivity contribution in [3.8, 4) is 5.75 Å². The van der Waals surface area contributed by atoms with Crippen molar-refractivity contribution < 1.29 is 4.74 Å². The SMILES string of the molecule is Cc1cc(Cl)c(C(C)C)cc1OC1CC(Cl)C1. The molecule has 0 saturated heterocycles. The van der Waals surface area contributed by atoms with Gasteiger partial charge in [-0.15, -0.1) is 11.6 Å². The highest BCUT2D eigenvalue weighted by molar-refractivity contribution is 6.31. The van der Waals surface area contributed by atoms with Gasteiger partial charge in [0.15, 0.2) is 0 Å². The number of benzene rings is 1. The third kappa shape index (κ3) is 2.89. The zero-order chi connectivity index (χ0) is 12.6. The molecule has 0 unspecified atom stereocenters. The van der Waals surface area contributed by atoms with Crippen molar-refractivity contribution in [1.82, 2.24) is 0 Å². The number of aryl methyl sites for hydroxylation is 1. The van der Waals surface area contributed by atoms with E-state index in [9.17, 15) is 0 Å². The van der Waals surface area contributed by atoms with Crippen LogP contribution in [0, 0.1) is 6.92 Å². The van der Waals surface area contributed by atoms with E-state index in [0.717, 1.165) is 34.7 Å². The molecule has 1 fully saturated rings. The molecule has 0 heterocycles. The highest BCUT2D eigenvalue weighted by Gasteiger charge is 2.29. The molecule has 0 atom stereocenters. The van der Waals surface area contributed by atoms with Crippen LogP contribution in [0.4, 0.5) is 0 Å². The van der Waals surface area contributed by atoms with Gasteiger partial charge in [-0.05, 0) is 36.1 Å². The molecule has 0 bridgehead atoms. The molecule has 0 aromatic heterocycles. The second-order valence-electron chi connectivity index (χ2n) is 5.10. The van der Waals surface area contributed by atoms with E-state index in [2.05, 4.69) is 19.9 Å². The number of ether oxygens (including phenoxy) is 1. The molecule has 0 radical (unpaired) electrons. The first-order valence-corrected chi connectivity index (χ1v) is 6.89. The van der Waals surface area contributed by atoms with Gasteiger partial charge in [0.05, 0.1) is 0 Å². The van der Waals surface area contributed by atoms with Gasteiger partial charge in [-0.2, -0.15) is 0 Å². The minimum Gasteiger partial charge on any atom is -0.490 e. The van der Waals surface area contributed by atoms with Gasteiger partial charge in [0.1, 0.15) is 11.9 Å². The smallest absolute Gasteiger partial charge is 0.123 e. The van der Waals surface area contributed by atoms with E-state index >= 15 is 0 Å². The van der Waals surface area contributed by atoms with Crippen molar-refractivity contribution in [2.75, 3.05) is 0 Å². The van der Waals surface area contributed by atoms with Crippen LogP contribution in [0.3, 0.4) is 0 Å². The highest BCUT2D eigenvalue weighted by atomic mass is 35.5. The molecule has 94 valence electrons. The average Bonchev–Trinajstić information content (AvgIpc) is 2.18. The van der Waals surface area contributed by atoms with E-state index in [0.29, 0.717) is 5.92 Å². The Hall–Kier alpha value is -0.400. The summed E-state index contributed by atoms with van der Waals surface area (Å²) >= 11 is 12.2. The molecule has 3 heteroatoms. The molecule has 1 aromatic carbocycles. The lowest BCUT2D eigenvalue weighted by atomic mass is 9.95. The first kappa shape index (κ1) is 13.0. The number of rotatable bonds is 3. The summed E-state index contributed by atoms with van der Waals surface area (Å²) < 4.78 is 5.95. The summed E-state index contributed by atoms with van der Waals surface area (Å²) in [4.78, 5) is 0. The topological polar surface area (TPSA) is 9.23 Å². The van der Waals surface area contributed by atoms with Gasteiger partial charge >= 0.3 is 0 Å². The molecule has 1 aliphatic rings. The lowest BCUT2D eigenvalue weighted by Gasteiger charge is -2.32. The van der Waals surface area contributed by atoms with Crippen molar-refractivity contribution in [2.24, 2.45) is 0 Å². The van der Waals surface area contributed by atoms with Gasteiger partial charge in [-0.3, -0.25) is 0 Å². The Morgan fingerprint density at radius 2 is 1.94 bits per heavy atom. The fourth-order valence-electron chi connectivity index (χ4n) is 2.02. The van der Waals surface area contributed by atoms with Crippen LogP contribution in [0.25, 0.3) is 0 Å². The summed E-state index contributed by atoms with van der Waals surface area (Å²) in [5.41, 5.74) is 2.24. The Kier molecular flexibility index (Phi) is 3.89. The van der Waals surface area contributed by atoms with Crippen LogP contribution in [-0.4, -0.2) is 11.5 Å². The molecular formula is C14H18Cl2O. The normalized spacial score (nSPS) is 23.6. The molecule has 2 rings (SSSR count). The van der Waals surface area contributed by atoms with E-state index in [1.165, 1.54) is 0 Å². The third-order valence-corrected chi connectivity index (χ3v) is 3.93. The first-order chi connectivity index (χ1) is 7.97. The molecular weight excluding hydrogens is 255 g/mol. The van der Waals surface area contributed by atoms with Gasteiger partial charge in [0, 0.05) is 23.2 Å². The molecule has 1 saturated carbocycles. The maximum absolute atomic E-state index is 6.23. The van der Waals surface area contributed by atoms with E-state index in [-0.39, 0.29) is 11.5 Å². The van der Waals surface area contributed by atoms with Gasteiger partial charge in [0.2, 0.25) is 0 Å². The molecule has 0 spiro atoms. The summed E-state index contributed by atoms with van der Waals surface area (Å²) in [6, 6.07) is 4.06. The quantitative estimate of drug-likeness (QED) is 0.710. The predicted octanol–water partition coefficient (Wildman–Crippen LogP) is 4.92. The highest BCUT2D eigenvalue weighted by Crippen LogP contribution is 2.35. The minimum absolute atomic E-state index is 0.275. The van der Waals surface area contributed by atoms with Gasteiger partial charge in [0.25, 0.3) is 0 Å². The molecule has 0 amide bonds. The number of hydrogen-bond donors (Lipinski definition) is 0. The monoisotopic (exact) mass is 272 g/mol. The van der Waals surface area contributed by atoms with Gasteiger partial charge in [-0.25, -0.2) is 0 Å². The van der Waals surface area contributed by atoms with Crippen molar-refractivity contribution >= 4 is 23.2 Å². The summed E-state index contributed by atoms with van der Waals surface area (Å²) in [6.45, 7) is 6.30. The molecule has 17 heavy (non-hydrogen) atoms. The Morgan fingerprint density at radius 1 is 1.29 bits per heavy atom. The lowest BCUT2D eigenvalue weighted by molar-refractivity contribution is 0.123. The van der Waals surface area contributed by atoms with Crippen molar-refractivity contribution in [3.63, 3.8) is 0 Å². The Labute approximate surface area is 113 Å². The second-order valence-corrected chi connectivity index (χ2v) is 6.13. The Balaban J connectivity index is 2.18. The van der Waals surface area contributed by atoms with Crippen molar-refractivity contribution in [1.29, 1.82) is 0 Å². The van der Waals surface area contributed by atoms with E-state index < -0.39 is 0 Å². The number of hydrogen-bond acceptors (Lipinski definition) is 1. The van der Waals surface area contributed by atoms with Crippen LogP contribution < -0.4 is 4.74 Å². The Morgan fingerprint density at radius 3 is 2.47 bits per heavy atom. The van der Waals surface area contributed by atoms with Crippen LogP contribution in [0.15, 0.2) is 12.1 Å². The lowest BCUT2D eigenvalue weighted by Crippen LogP contribution is -2.34. The third-order valence-electron chi connectivity index (χ3n) is 3.25. The standard InChI is InChI=1S/C14H18Cl2O/c1-8(2)12-7-14(9(3)4-13(12)16)17-11-5-10(15)6-11/h4,7-8,10-11H,5-6H2,1-3H3. The van der Waals surface area contributed by atoms with Crippen LogP contribution in [0.5, 0.6) is 5.75 Å². The Bertz CT molecular complexity index is 409. The van der Waals surface area contributed by atoms with Crippen LogP contribution >= 0.6 is 23.2 Å². The average molecular weight is 273 g/mol. The minimum atomic E-state index is 0.275. The van der Waals surface area contributed by atoms with E-state index in [4.69, 9.17) is 27.9 Å². The summed E-state index contributed by atoms with van der Waals surface area (Å²) in [5.74, 6) is 1.36. The maximum Gasteiger partial charge on any atom is 0.123 e. The van der Waals surface area contributed by atoms with Gasteiger partial charge < -0.3 is 4.74 Å². The molecule has 1 aliphatic carbocycles. The molecule has 0 aliphatic heterocycles. The largest absolute Gasteiger partial charge is 0.490 e. The predicted molar refractivity (Wildman–Crippen MR) is 73.6 cm³/mol. The fraction of sp³-hybridized carbons (Fsp3) is 0.571. The van der Waals surface area contributed by atoms with Crippen LogP contribution in [-0.2, 0) is 0 Å². The van der Waals surface area contributed by atoms with Gasteiger partial charge in [-0.1, -0.05) is 25.4 Å².